The lowest BCUT2D eigenvalue weighted by atomic mass is 10.1. The van der Waals surface area contributed by atoms with Gasteiger partial charge in [-0.05, 0) is 37.2 Å². The van der Waals surface area contributed by atoms with Gasteiger partial charge in [-0.1, -0.05) is 30.3 Å². The normalized spacial score (nSPS) is 21.2. The van der Waals surface area contributed by atoms with Crippen molar-refractivity contribution in [3.8, 4) is 0 Å². The van der Waals surface area contributed by atoms with Gasteiger partial charge in [-0.15, -0.1) is 0 Å². The van der Waals surface area contributed by atoms with E-state index in [-0.39, 0.29) is 17.9 Å². The average molecular weight is 300 g/mol. The minimum atomic E-state index is 0.00970. The topological polar surface area (TPSA) is 49.4 Å². The molecule has 0 radical (unpaired) electrons. The number of likely N-dealkylation sites (tertiary alicyclic amines) is 1. The molecule has 0 bridgehead atoms. The molecule has 2 aliphatic rings. The lowest BCUT2D eigenvalue weighted by Crippen LogP contribution is -2.37. The Morgan fingerprint density at radius 1 is 1.23 bits per heavy atom. The van der Waals surface area contributed by atoms with Crippen LogP contribution in [-0.2, 0) is 16.0 Å². The lowest BCUT2D eigenvalue weighted by molar-refractivity contribution is -0.127. The number of nitrogens with one attached hydrogen (secondary N) is 1. The van der Waals surface area contributed by atoms with E-state index in [0.29, 0.717) is 25.3 Å². The maximum atomic E-state index is 12.0. The van der Waals surface area contributed by atoms with Crippen LogP contribution in [0.1, 0.15) is 37.7 Å². The largest absolute Gasteiger partial charge is 0.351 e. The van der Waals surface area contributed by atoms with Gasteiger partial charge in [0.1, 0.15) is 0 Å². The molecule has 0 aromatic heterocycles. The highest BCUT2D eigenvalue weighted by atomic mass is 16.2. The van der Waals surface area contributed by atoms with Crippen molar-refractivity contribution in [3.63, 3.8) is 0 Å². The van der Waals surface area contributed by atoms with Crippen LogP contribution < -0.4 is 5.32 Å². The van der Waals surface area contributed by atoms with Crippen molar-refractivity contribution in [2.24, 2.45) is 5.92 Å². The summed E-state index contributed by atoms with van der Waals surface area (Å²) in [7, 11) is 0. The van der Waals surface area contributed by atoms with Gasteiger partial charge < -0.3 is 10.2 Å². The first-order chi connectivity index (χ1) is 10.7. The Balaban J connectivity index is 1.38. The molecule has 1 heterocycles. The van der Waals surface area contributed by atoms with E-state index in [0.717, 1.165) is 19.4 Å². The molecule has 1 saturated heterocycles. The minimum Gasteiger partial charge on any atom is -0.351 e. The Kier molecular flexibility index (Phi) is 4.76. The van der Waals surface area contributed by atoms with Gasteiger partial charge in [0.2, 0.25) is 11.8 Å². The van der Waals surface area contributed by atoms with E-state index < -0.39 is 0 Å². The van der Waals surface area contributed by atoms with Crippen molar-refractivity contribution in [2.75, 3.05) is 13.1 Å². The quantitative estimate of drug-likeness (QED) is 0.838. The third-order valence-corrected chi connectivity index (χ3v) is 4.49. The Morgan fingerprint density at radius 3 is 2.73 bits per heavy atom. The van der Waals surface area contributed by atoms with Gasteiger partial charge >= 0.3 is 0 Å². The van der Waals surface area contributed by atoms with Crippen LogP contribution in [0.25, 0.3) is 0 Å². The van der Waals surface area contributed by atoms with Gasteiger partial charge in [-0.2, -0.15) is 0 Å². The van der Waals surface area contributed by atoms with E-state index in [2.05, 4.69) is 17.4 Å². The average Bonchev–Trinajstić information content (AvgIpc) is 3.24. The fraction of sp³-hybridized carbons (Fsp3) is 0.556. The molecule has 1 N–H and O–H groups in total. The zero-order valence-electron chi connectivity index (χ0n) is 13.0. The summed E-state index contributed by atoms with van der Waals surface area (Å²) in [4.78, 5) is 25.7. The minimum absolute atomic E-state index is 0.00970. The van der Waals surface area contributed by atoms with Crippen molar-refractivity contribution >= 4 is 11.8 Å². The summed E-state index contributed by atoms with van der Waals surface area (Å²) in [6.45, 7) is 1.45. The molecule has 1 aliphatic carbocycles. The molecule has 1 aromatic carbocycles. The molecule has 22 heavy (non-hydrogen) atoms. The van der Waals surface area contributed by atoms with Crippen LogP contribution >= 0.6 is 0 Å². The second kappa shape index (κ2) is 6.95. The van der Waals surface area contributed by atoms with Gasteiger partial charge in [-0.3, -0.25) is 9.59 Å². The smallest absolute Gasteiger partial charge is 0.224 e. The van der Waals surface area contributed by atoms with Crippen molar-refractivity contribution in [1.29, 1.82) is 0 Å². The van der Waals surface area contributed by atoms with Crippen molar-refractivity contribution in [1.82, 2.24) is 10.2 Å². The Labute approximate surface area is 131 Å². The van der Waals surface area contributed by atoms with Gasteiger partial charge in [0, 0.05) is 25.9 Å². The molecule has 1 saturated carbocycles. The number of carbonyl (C=O) groups is 2. The number of hydrogen-bond donors (Lipinski definition) is 1. The van der Waals surface area contributed by atoms with Crippen LogP contribution in [0.4, 0.5) is 0 Å². The highest BCUT2D eigenvalue weighted by Gasteiger charge is 2.31. The van der Waals surface area contributed by atoms with Gasteiger partial charge in [0.25, 0.3) is 0 Å². The summed E-state index contributed by atoms with van der Waals surface area (Å²) < 4.78 is 0. The molecule has 1 aromatic rings. The molecule has 1 aliphatic heterocycles. The van der Waals surface area contributed by atoms with Crippen molar-refractivity contribution < 1.29 is 9.59 Å². The summed E-state index contributed by atoms with van der Waals surface area (Å²) in [6.07, 6.45) is 5.42. The number of nitrogens with zero attached hydrogens (tertiary/aromatic N) is 1. The second-order valence-corrected chi connectivity index (χ2v) is 6.54. The molecule has 2 fully saturated rings. The standard InChI is InChI=1S/C18H24N2O2/c21-17(11-15-8-9-15)19-16-12-18(22)20(13-16)10-4-7-14-5-2-1-3-6-14/h1-3,5-6,15-16H,4,7-13H2,(H,19,21)/t16-/m0/s1. The summed E-state index contributed by atoms with van der Waals surface area (Å²) >= 11 is 0. The summed E-state index contributed by atoms with van der Waals surface area (Å²) in [5.41, 5.74) is 1.31. The second-order valence-electron chi connectivity index (χ2n) is 6.54. The molecule has 4 nitrogen and oxygen atoms in total. The molecule has 0 unspecified atom stereocenters. The molecular formula is C18H24N2O2. The van der Waals surface area contributed by atoms with Crippen LogP contribution in [0, 0.1) is 5.92 Å². The van der Waals surface area contributed by atoms with Crippen molar-refractivity contribution in [3.05, 3.63) is 35.9 Å². The highest BCUT2D eigenvalue weighted by molar-refractivity contribution is 5.82. The molecule has 2 amide bonds. The lowest BCUT2D eigenvalue weighted by Gasteiger charge is -2.17. The van der Waals surface area contributed by atoms with Crippen LogP contribution in [0.15, 0.2) is 30.3 Å². The molecule has 4 heteroatoms. The Morgan fingerprint density at radius 2 is 2.00 bits per heavy atom. The van der Waals surface area contributed by atoms with E-state index in [4.69, 9.17) is 0 Å². The van der Waals surface area contributed by atoms with Crippen LogP contribution in [0.3, 0.4) is 0 Å². The monoisotopic (exact) mass is 300 g/mol. The molecule has 118 valence electrons. The third-order valence-electron chi connectivity index (χ3n) is 4.49. The molecule has 3 rings (SSSR count). The predicted molar refractivity (Wildman–Crippen MR) is 85.2 cm³/mol. The van der Waals surface area contributed by atoms with Crippen molar-refractivity contribution in [2.45, 2.75) is 44.6 Å². The van der Waals surface area contributed by atoms with Gasteiger partial charge in [0.05, 0.1) is 6.04 Å². The number of hydrogen-bond acceptors (Lipinski definition) is 2. The molecule has 1 atom stereocenters. The van der Waals surface area contributed by atoms with Crippen LogP contribution in [0.2, 0.25) is 0 Å². The fourth-order valence-corrected chi connectivity index (χ4v) is 3.07. The first kappa shape index (κ1) is 15.1. The zero-order chi connectivity index (χ0) is 15.4. The SMILES string of the molecule is O=C(CC1CC1)N[C@H]1CC(=O)N(CCCc2ccccc2)C1. The van der Waals surface area contributed by atoms with E-state index in [1.54, 1.807) is 0 Å². The Hall–Kier alpha value is -1.84. The third kappa shape index (κ3) is 4.33. The van der Waals surface area contributed by atoms with Crippen LogP contribution in [-0.4, -0.2) is 35.8 Å². The number of aryl methyl sites for hydroxylation is 1. The summed E-state index contributed by atoms with van der Waals surface area (Å²) in [5.74, 6) is 0.885. The first-order valence-corrected chi connectivity index (χ1v) is 8.32. The van der Waals surface area contributed by atoms with E-state index in [1.807, 2.05) is 23.1 Å². The Bertz CT molecular complexity index is 525. The summed E-state index contributed by atoms with van der Waals surface area (Å²) in [6, 6.07) is 10.3. The summed E-state index contributed by atoms with van der Waals surface area (Å²) in [5, 5.41) is 3.02. The predicted octanol–water partition coefficient (Wildman–Crippen LogP) is 2.14. The zero-order valence-corrected chi connectivity index (χ0v) is 13.0. The first-order valence-electron chi connectivity index (χ1n) is 8.32. The van der Waals surface area contributed by atoms with Gasteiger partial charge in [-0.25, -0.2) is 0 Å². The van der Waals surface area contributed by atoms with E-state index in [1.165, 1.54) is 18.4 Å². The highest BCUT2D eigenvalue weighted by Crippen LogP contribution is 2.32. The van der Waals surface area contributed by atoms with E-state index in [9.17, 15) is 9.59 Å². The number of rotatable bonds is 7. The van der Waals surface area contributed by atoms with E-state index >= 15 is 0 Å². The molecule has 0 spiro atoms. The van der Waals surface area contributed by atoms with Crippen LogP contribution in [0.5, 0.6) is 0 Å². The number of amides is 2. The maximum Gasteiger partial charge on any atom is 0.224 e. The fourth-order valence-electron chi connectivity index (χ4n) is 3.07. The number of carbonyl (C=O) groups excluding carboxylic acids is 2. The van der Waals surface area contributed by atoms with Gasteiger partial charge in [0.15, 0.2) is 0 Å². The molecular weight excluding hydrogens is 276 g/mol. The maximum absolute atomic E-state index is 12.0. The number of benzene rings is 1.